The van der Waals surface area contributed by atoms with Crippen LogP contribution in [0.25, 0.3) is 0 Å². The molecule has 0 aliphatic rings. The van der Waals surface area contributed by atoms with Gasteiger partial charge in [-0.2, -0.15) is 45.7 Å². The number of methoxy groups -OCH3 is 1. The number of hydrogen-bond donors (Lipinski definition) is 1. The van der Waals surface area contributed by atoms with Gasteiger partial charge in [0.25, 0.3) is 0 Å². The number of aliphatic hydroxyl groups excluding tert-OH is 1. The molecule has 0 atom stereocenters. The molecule has 0 aliphatic carbocycles. The number of Topliss-reactive ketones (excluding diaryl/α,β-unsaturated/α-hetero) is 13. The smallest absolute Gasteiger partial charge is 0.249 e. The number of ketones is 13. The molecule has 0 fully saturated rings. The zero-order chi connectivity index (χ0) is 96.0. The van der Waals surface area contributed by atoms with E-state index in [1.807, 2.05) is 225 Å². The molecule has 25 nitrogen and oxygen atoms in total. The Morgan fingerprint density at radius 2 is 0.558 bits per heavy atom. The molecule has 10 heterocycles. The molecule has 138 heavy (non-hydrogen) atoms. The molecule has 0 amide bonds. The normalized spacial score (nSPS) is 9.04. The van der Waals surface area contributed by atoms with Crippen LogP contribution in [0.1, 0.15) is 235 Å². The fourth-order valence-electron chi connectivity index (χ4n) is 12.2. The number of aliphatic hydroxyl groups is 1. The molecule has 0 radical (unpaired) electrons. The van der Waals surface area contributed by atoms with Crippen molar-refractivity contribution in [2.75, 3.05) is 20.3 Å². The average Bonchev–Trinajstić information content (AvgIpc) is 0.824. The summed E-state index contributed by atoms with van der Waals surface area (Å²) in [6.45, 7) is 40.5. The number of aryl methyl sites for hydroxylation is 2. The van der Waals surface area contributed by atoms with Gasteiger partial charge in [-0.1, -0.05) is 50.1 Å². The van der Waals surface area contributed by atoms with Crippen molar-refractivity contribution in [2.45, 2.75) is 156 Å². The van der Waals surface area contributed by atoms with Crippen molar-refractivity contribution in [3.63, 3.8) is 0 Å². The number of carbonyl (C=O) groups is 13. The Bertz CT molecular complexity index is 5510. The van der Waals surface area contributed by atoms with Crippen LogP contribution in [0.15, 0.2) is 299 Å². The predicted octanol–water partition coefficient (Wildman–Crippen LogP) is 16.0. The summed E-state index contributed by atoms with van der Waals surface area (Å²) in [7, 11) is 5.22. The van der Waals surface area contributed by atoms with E-state index >= 15 is 0 Å². The monoisotopic (exact) mass is 1890 g/mol. The van der Waals surface area contributed by atoms with Gasteiger partial charge in [0.2, 0.25) is 144 Å². The van der Waals surface area contributed by atoms with Gasteiger partial charge in [0.05, 0.1) is 0 Å². The first-order valence-electron chi connectivity index (χ1n) is 41.3. The third-order valence-electron chi connectivity index (χ3n) is 18.2. The van der Waals surface area contributed by atoms with Gasteiger partial charge in [-0.15, -0.1) is 0 Å². The quantitative estimate of drug-likeness (QED) is 0.0206. The summed E-state index contributed by atoms with van der Waals surface area (Å²) in [5, 5.41) is 8.69. The molecule has 0 saturated carbocycles. The highest BCUT2D eigenvalue weighted by molar-refractivity contribution is 5.96. The summed E-state index contributed by atoms with van der Waals surface area (Å²) in [6.07, 6.45) is 18.3. The van der Waals surface area contributed by atoms with Gasteiger partial charge in [0, 0.05) is 224 Å². The second-order valence-electron chi connectivity index (χ2n) is 28.9. The molecular formula is C113H156N10O15. The van der Waals surface area contributed by atoms with E-state index in [0.29, 0.717) is 73.5 Å². The molecule has 11 aromatic rings. The summed E-state index contributed by atoms with van der Waals surface area (Å²) in [5.41, 5.74) is 10.0. The molecule has 1 N–H and O–H groups in total. The molecule has 0 bridgehead atoms. The minimum absolute atomic E-state index is 0. The number of carbonyl (C=O) groups excluding carboxylic acids is 13. The molecule has 0 spiro atoms. The van der Waals surface area contributed by atoms with Crippen LogP contribution in [0.4, 0.5) is 0 Å². The maximum Gasteiger partial charge on any atom is 0.249 e. The van der Waals surface area contributed by atoms with Gasteiger partial charge in [0.15, 0.2) is 94.6 Å². The third kappa shape index (κ3) is 51.9. The minimum atomic E-state index is -0.0556. The van der Waals surface area contributed by atoms with E-state index in [1.54, 1.807) is 159 Å². The third-order valence-corrected chi connectivity index (χ3v) is 18.2. The van der Waals surface area contributed by atoms with E-state index in [-0.39, 0.29) is 163 Å². The highest BCUT2D eigenvalue weighted by Gasteiger charge is 2.24. The summed E-state index contributed by atoms with van der Waals surface area (Å²) in [5.74, 6) is 0.406. The maximum absolute atomic E-state index is 11.4. The molecule has 0 saturated heterocycles. The summed E-state index contributed by atoms with van der Waals surface area (Å²) in [6, 6.07) is 64.7. The summed E-state index contributed by atoms with van der Waals surface area (Å²) < 4.78 is 23.0. The zero-order valence-electron chi connectivity index (χ0n) is 87.3. The number of aromatic nitrogens is 10. The van der Waals surface area contributed by atoms with Gasteiger partial charge in [-0.3, -0.25) is 62.3 Å². The van der Waals surface area contributed by atoms with Gasteiger partial charge < -0.3 is 84.1 Å². The largest absolute Gasteiger partial charge is 0.390 e. The first kappa shape index (κ1) is 141. The van der Waals surface area contributed by atoms with Crippen LogP contribution in [0, 0.1) is 74.3 Å². The van der Waals surface area contributed by atoms with Crippen molar-refractivity contribution < 1.29 is 118 Å². The van der Waals surface area contributed by atoms with Crippen LogP contribution in [-0.2, 0) is 76.0 Å². The molecule has 0 aliphatic heterocycles. The molecule has 25 heteroatoms. The van der Waals surface area contributed by atoms with Crippen LogP contribution in [0.3, 0.4) is 0 Å². The second-order valence-corrected chi connectivity index (χ2v) is 28.9. The van der Waals surface area contributed by atoms with E-state index in [1.165, 1.54) is 54.0 Å². The van der Waals surface area contributed by atoms with Crippen LogP contribution < -0.4 is 45.7 Å². The molecule has 1 aromatic carbocycles. The fourth-order valence-corrected chi connectivity index (χ4v) is 12.2. The number of nitrogens with zero attached hydrogens (tertiary/aromatic N) is 10. The predicted molar refractivity (Wildman–Crippen MR) is 549 cm³/mol. The lowest BCUT2D eigenvalue weighted by atomic mass is 10.2. The first-order chi connectivity index (χ1) is 60.8. The van der Waals surface area contributed by atoms with Crippen molar-refractivity contribution >= 4 is 75.2 Å². The van der Waals surface area contributed by atoms with E-state index in [0.717, 1.165) is 52.8 Å². The van der Waals surface area contributed by atoms with Gasteiger partial charge in [0.1, 0.15) is 33.9 Å². The van der Waals surface area contributed by atoms with Crippen molar-refractivity contribution in [1.82, 2.24) is 0 Å². The van der Waals surface area contributed by atoms with Gasteiger partial charge >= 0.3 is 0 Å². The number of ether oxygens (including phenoxy) is 1. The van der Waals surface area contributed by atoms with Crippen LogP contribution >= 0.6 is 0 Å². The Kier molecular flexibility index (Phi) is 79.8. The Morgan fingerprint density at radius 1 is 0.297 bits per heavy atom. The van der Waals surface area contributed by atoms with E-state index in [2.05, 4.69) is 31.9 Å². The van der Waals surface area contributed by atoms with Crippen molar-refractivity contribution in [3.05, 3.63) is 448 Å². The lowest BCUT2D eigenvalue weighted by Gasteiger charge is -2.02. The lowest BCUT2D eigenvalue weighted by molar-refractivity contribution is -0.700. The van der Waals surface area contributed by atoms with Crippen molar-refractivity contribution in [1.29, 1.82) is 0 Å². The van der Waals surface area contributed by atoms with Crippen molar-refractivity contribution in [2.24, 2.45) is 14.1 Å². The lowest BCUT2D eigenvalue weighted by Crippen LogP contribution is -2.44. The Hall–Kier alpha value is -14.4. The summed E-state index contributed by atoms with van der Waals surface area (Å²) in [4.78, 5) is 145. The fraction of sp³-hybridized carbons (Fsp3) is 0.248. The van der Waals surface area contributed by atoms with E-state index < -0.39 is 0 Å². The molecule has 10 aromatic heterocycles. The number of rotatable bonds is 28. The standard InChI is InChI=1S/C14H14NO.C12H14NO2.C11H14NO.C10H12NO2.C10H14NO2.C10H12NO2.C10H12NO.C9H12NO2.C9H12NO.C8H10NO.10CH3/c1-12(16)14-9-5-6-10-15(14)11-13-7-3-2-4-8-13;1-4-8-13-11(9(2)14)6-5-7-12(13)10(3)15;1-9(2)8-12-7-5-4-6-11(12)10(3)13;1-7(12)9-5-4-6-10(8(2)13)11(9)3;1-9(12)10-5-3-4-6-11(10)7-8-13-2;1-8(12)7-11-6-4-3-5-10(11)9(2)13;1-3-7-11-8-5-4-6-10(11)9(2)12;1-8(12)9-4-2-3-5-10(9)6-7-11;1-3-10-7-5-4-6-9(10)8(2)11;1-7(10)8-5-3-4-6-9(8)2;;;;;;;;;;/h2-10H,11H2,1H3;4-7H,1,8H2,2-3H3;4-7H,1,8H2,2-3H3;4-6H,1-3H3;3-6H,7-8H2,1-2H3;3-6H,7H2,1-2H3;3-6,8H,1,7H2,2H3;2-5,11H,6-7H2,1H3;4-7H,3H2,1-2H3;3-6H,1-2H3;10*1H3/q10*+1;10*-1. The number of hydrogen-bond acceptors (Lipinski definition) is 15. The first-order valence-corrected chi connectivity index (χ1v) is 41.3. The van der Waals surface area contributed by atoms with Crippen LogP contribution in [0.2, 0.25) is 0 Å². The number of pyridine rings is 10. The Labute approximate surface area is 826 Å². The Morgan fingerprint density at radius 3 is 0.855 bits per heavy atom. The zero-order valence-corrected chi connectivity index (χ0v) is 87.3. The highest BCUT2D eigenvalue weighted by atomic mass is 16.5. The topological polar surface area (TPSA) is 290 Å². The number of allylic oxidation sites excluding steroid dienone is 3. The molecular weight excluding hydrogens is 1740 g/mol. The van der Waals surface area contributed by atoms with Crippen LogP contribution in [0.5, 0.6) is 0 Å². The highest BCUT2D eigenvalue weighted by Crippen LogP contribution is 2.05. The van der Waals surface area contributed by atoms with Crippen LogP contribution in [-0.4, -0.2) is 101 Å². The molecule has 0 unspecified atom stereocenters. The molecule has 11 rings (SSSR count). The Balaban J connectivity index is -0.000000190. The van der Waals surface area contributed by atoms with Gasteiger partial charge in [-0.25, -0.2) is 0 Å². The van der Waals surface area contributed by atoms with E-state index in [9.17, 15) is 62.3 Å². The second kappa shape index (κ2) is 77.8. The molecule has 748 valence electrons. The maximum atomic E-state index is 11.4. The average molecular weight is 1890 g/mol. The van der Waals surface area contributed by atoms with E-state index in [4.69, 9.17) is 9.84 Å². The summed E-state index contributed by atoms with van der Waals surface area (Å²) >= 11 is 0. The SMILES string of the molecule is C=C(C)C[n+]1ccccc1C(C)=O.C=CC[n+]1c(C(C)=O)cccc1C(C)=O.C=CC[n+]1ccccc1C(C)=O.CC(=O)C[n+]1ccccc1C(C)=O.CC(=O)c1cccc(C(C)=O)[n+]1C.CC(=O)c1cccc[n+]1C.CC(=O)c1cccc[n+]1CCO.CC(=O)c1cccc[n+]1Cc1ccccc1.CC[n+]1ccccc1C(C)=O.COCC[n+]1ccccc1C(C)=O.[CH3-].[CH3-].[CH3-].[CH3-].[CH3-].[CH3-].[CH3-].[CH3-].[CH3-].[CH3-]. The van der Waals surface area contributed by atoms with Gasteiger partial charge in [-0.05, 0) is 92.2 Å². The minimum Gasteiger partial charge on any atom is -0.390 e. The number of benzene rings is 1. The van der Waals surface area contributed by atoms with Crippen molar-refractivity contribution in [3.8, 4) is 0 Å².